The Bertz CT molecular complexity index is 513. The van der Waals surface area contributed by atoms with Crippen molar-refractivity contribution in [2.75, 3.05) is 14.1 Å². The molecule has 0 amide bonds. The van der Waals surface area contributed by atoms with Gasteiger partial charge in [-0.25, -0.2) is 12.7 Å². The van der Waals surface area contributed by atoms with Crippen molar-refractivity contribution in [2.24, 2.45) is 0 Å². The van der Waals surface area contributed by atoms with E-state index in [0.717, 1.165) is 9.87 Å². The van der Waals surface area contributed by atoms with Gasteiger partial charge in [-0.2, -0.15) is 0 Å². The minimum atomic E-state index is -3.50. The van der Waals surface area contributed by atoms with Crippen LogP contribution in [-0.4, -0.2) is 32.9 Å². The van der Waals surface area contributed by atoms with E-state index in [1.54, 1.807) is 12.1 Å². The first-order valence-electron chi connectivity index (χ1n) is 5.69. The molecule has 0 aliphatic carbocycles. The second kappa shape index (κ2) is 6.02. The summed E-state index contributed by atoms with van der Waals surface area (Å²) in [7, 11) is -0.513. The first-order chi connectivity index (χ1) is 8.25. The van der Waals surface area contributed by atoms with Crippen molar-refractivity contribution >= 4 is 21.6 Å². The number of nitrogens with one attached hydrogen (secondary N) is 1. The van der Waals surface area contributed by atoms with Gasteiger partial charge in [0, 0.05) is 26.7 Å². The van der Waals surface area contributed by atoms with Crippen molar-refractivity contribution in [1.29, 1.82) is 0 Å². The highest BCUT2D eigenvalue weighted by Crippen LogP contribution is 2.24. The molecule has 102 valence electrons. The Morgan fingerprint density at radius 2 is 1.94 bits per heavy atom. The monoisotopic (exact) mass is 290 g/mol. The quantitative estimate of drug-likeness (QED) is 0.903. The zero-order chi connectivity index (χ0) is 13.9. The Balaban J connectivity index is 3.10. The van der Waals surface area contributed by atoms with Crippen LogP contribution < -0.4 is 5.32 Å². The highest BCUT2D eigenvalue weighted by molar-refractivity contribution is 7.89. The molecule has 0 heterocycles. The molecule has 0 saturated heterocycles. The van der Waals surface area contributed by atoms with Crippen molar-refractivity contribution in [3.8, 4) is 0 Å². The molecule has 0 aliphatic rings. The lowest BCUT2D eigenvalue weighted by atomic mass is 10.2. The van der Waals surface area contributed by atoms with Crippen molar-refractivity contribution in [2.45, 2.75) is 31.3 Å². The fourth-order valence-corrected chi connectivity index (χ4v) is 2.79. The van der Waals surface area contributed by atoms with E-state index in [1.165, 1.54) is 14.1 Å². The minimum Gasteiger partial charge on any atom is -0.310 e. The van der Waals surface area contributed by atoms with Gasteiger partial charge < -0.3 is 5.32 Å². The van der Waals surface area contributed by atoms with Gasteiger partial charge in [0.15, 0.2) is 0 Å². The van der Waals surface area contributed by atoms with E-state index in [9.17, 15) is 8.42 Å². The molecule has 0 spiro atoms. The fourth-order valence-electron chi connectivity index (χ4n) is 1.37. The fraction of sp³-hybridized carbons (Fsp3) is 0.500. The van der Waals surface area contributed by atoms with Crippen LogP contribution in [0.3, 0.4) is 0 Å². The third kappa shape index (κ3) is 3.68. The van der Waals surface area contributed by atoms with Crippen molar-refractivity contribution < 1.29 is 8.42 Å². The second-order valence-corrected chi connectivity index (χ2v) is 7.12. The molecule has 6 heteroatoms. The van der Waals surface area contributed by atoms with E-state index in [4.69, 9.17) is 11.6 Å². The summed E-state index contributed by atoms with van der Waals surface area (Å²) in [6.07, 6.45) is 0. The van der Waals surface area contributed by atoms with Gasteiger partial charge in [0.1, 0.15) is 4.90 Å². The number of hydrogen-bond acceptors (Lipinski definition) is 3. The molecule has 0 unspecified atom stereocenters. The van der Waals surface area contributed by atoms with E-state index in [0.29, 0.717) is 12.6 Å². The van der Waals surface area contributed by atoms with Gasteiger partial charge in [-0.1, -0.05) is 31.5 Å². The summed E-state index contributed by atoms with van der Waals surface area (Å²) >= 11 is 5.96. The average molecular weight is 291 g/mol. The topological polar surface area (TPSA) is 49.4 Å². The van der Waals surface area contributed by atoms with Gasteiger partial charge in [0.05, 0.1) is 5.02 Å². The maximum Gasteiger partial charge on any atom is 0.244 e. The van der Waals surface area contributed by atoms with Crippen LogP contribution in [0.25, 0.3) is 0 Å². The second-order valence-electron chi connectivity index (χ2n) is 4.59. The van der Waals surface area contributed by atoms with E-state index >= 15 is 0 Å². The predicted octanol–water partition coefficient (Wildman–Crippen LogP) is 2.09. The molecular weight excluding hydrogens is 272 g/mol. The largest absolute Gasteiger partial charge is 0.310 e. The maximum absolute atomic E-state index is 12.1. The maximum atomic E-state index is 12.1. The van der Waals surface area contributed by atoms with Crippen molar-refractivity contribution in [1.82, 2.24) is 9.62 Å². The van der Waals surface area contributed by atoms with Crippen molar-refractivity contribution in [3.63, 3.8) is 0 Å². The molecule has 18 heavy (non-hydrogen) atoms. The highest BCUT2D eigenvalue weighted by atomic mass is 35.5. The van der Waals surface area contributed by atoms with Crippen LogP contribution >= 0.6 is 11.6 Å². The van der Waals surface area contributed by atoms with Gasteiger partial charge in [0.25, 0.3) is 0 Å². The van der Waals surface area contributed by atoms with Crippen LogP contribution in [0.2, 0.25) is 5.02 Å². The minimum absolute atomic E-state index is 0.150. The van der Waals surface area contributed by atoms with Gasteiger partial charge in [-0.15, -0.1) is 0 Å². The third-order valence-corrected chi connectivity index (χ3v) is 4.77. The van der Waals surface area contributed by atoms with Crippen LogP contribution in [0, 0.1) is 0 Å². The van der Waals surface area contributed by atoms with Crippen molar-refractivity contribution in [3.05, 3.63) is 28.8 Å². The van der Waals surface area contributed by atoms with Crippen LogP contribution in [0.4, 0.5) is 0 Å². The van der Waals surface area contributed by atoms with E-state index in [2.05, 4.69) is 5.32 Å². The van der Waals surface area contributed by atoms with Gasteiger partial charge in [-0.3, -0.25) is 0 Å². The predicted molar refractivity (Wildman–Crippen MR) is 74.3 cm³/mol. The first-order valence-corrected chi connectivity index (χ1v) is 7.51. The molecular formula is C12H19ClN2O2S. The van der Waals surface area contributed by atoms with Crippen LogP contribution in [0.5, 0.6) is 0 Å². The van der Waals surface area contributed by atoms with Gasteiger partial charge >= 0.3 is 0 Å². The number of rotatable bonds is 5. The summed E-state index contributed by atoms with van der Waals surface area (Å²) < 4.78 is 25.3. The Labute approximate surface area is 114 Å². The Morgan fingerprint density at radius 3 is 2.44 bits per heavy atom. The summed E-state index contributed by atoms with van der Waals surface area (Å²) in [6, 6.07) is 5.41. The number of benzene rings is 1. The number of nitrogens with zero attached hydrogens (tertiary/aromatic N) is 1. The molecule has 0 bridgehead atoms. The molecule has 0 fully saturated rings. The van der Waals surface area contributed by atoms with Crippen LogP contribution in [-0.2, 0) is 16.6 Å². The third-order valence-electron chi connectivity index (χ3n) is 2.47. The van der Waals surface area contributed by atoms with Crippen LogP contribution in [0.15, 0.2) is 23.1 Å². The summed E-state index contributed by atoms with van der Waals surface area (Å²) in [5, 5.41) is 3.48. The van der Waals surface area contributed by atoms with E-state index in [1.807, 2.05) is 19.9 Å². The smallest absolute Gasteiger partial charge is 0.244 e. The lowest BCUT2D eigenvalue weighted by Crippen LogP contribution is -2.24. The SMILES string of the molecule is CC(C)NCc1ccc(Cl)c(S(=O)(=O)N(C)C)c1. The Hall–Kier alpha value is -0.620. The van der Waals surface area contributed by atoms with Gasteiger partial charge in [-0.05, 0) is 17.7 Å². The molecule has 1 rings (SSSR count). The molecule has 0 atom stereocenters. The molecule has 0 saturated carbocycles. The molecule has 1 aromatic carbocycles. The summed E-state index contributed by atoms with van der Waals surface area (Å²) in [4.78, 5) is 0.150. The number of sulfonamides is 1. The highest BCUT2D eigenvalue weighted by Gasteiger charge is 2.20. The van der Waals surface area contributed by atoms with Gasteiger partial charge in [0.2, 0.25) is 10.0 Å². The zero-order valence-corrected chi connectivity index (χ0v) is 12.6. The number of halogens is 1. The Kier molecular flexibility index (Phi) is 5.16. The van der Waals surface area contributed by atoms with E-state index < -0.39 is 10.0 Å². The zero-order valence-electron chi connectivity index (χ0n) is 11.1. The lowest BCUT2D eigenvalue weighted by Gasteiger charge is -2.14. The standard InChI is InChI=1S/C12H19ClN2O2S/c1-9(2)14-8-10-5-6-11(13)12(7-10)18(16,17)15(3)4/h5-7,9,14H,8H2,1-4H3. The molecule has 1 N–H and O–H groups in total. The average Bonchev–Trinajstić information content (AvgIpc) is 2.27. The normalized spacial score (nSPS) is 12.4. The number of hydrogen-bond donors (Lipinski definition) is 1. The summed E-state index contributed by atoms with van der Waals surface area (Å²) in [5.74, 6) is 0. The molecule has 4 nitrogen and oxygen atoms in total. The lowest BCUT2D eigenvalue weighted by molar-refractivity contribution is 0.520. The molecule has 0 radical (unpaired) electrons. The summed E-state index contributed by atoms with van der Waals surface area (Å²) in [6.45, 7) is 4.69. The molecule has 1 aromatic rings. The Morgan fingerprint density at radius 1 is 1.33 bits per heavy atom. The first kappa shape index (κ1) is 15.4. The van der Waals surface area contributed by atoms with E-state index in [-0.39, 0.29) is 9.92 Å². The molecule has 0 aromatic heterocycles. The molecule has 0 aliphatic heterocycles. The summed E-state index contributed by atoms with van der Waals surface area (Å²) in [5.41, 5.74) is 0.897. The van der Waals surface area contributed by atoms with Crippen LogP contribution in [0.1, 0.15) is 19.4 Å².